The van der Waals surface area contributed by atoms with Crippen molar-refractivity contribution in [2.75, 3.05) is 0 Å². The minimum Gasteiger partial charge on any atom is -0.423 e. The van der Waals surface area contributed by atoms with Crippen molar-refractivity contribution in [3.8, 4) is 0 Å². The lowest BCUT2D eigenvalue weighted by molar-refractivity contribution is 0.426. The Balaban J connectivity index is 0.000001000. The van der Waals surface area contributed by atoms with Crippen molar-refractivity contribution in [2.24, 2.45) is 0 Å². The van der Waals surface area contributed by atoms with Crippen LogP contribution >= 0.6 is 24.0 Å². The second-order valence-electron chi connectivity index (χ2n) is 1.77. The summed E-state index contributed by atoms with van der Waals surface area (Å²) in [5, 5.41) is 17.6. The van der Waals surface area contributed by atoms with E-state index in [1.54, 1.807) is 0 Å². The Hall–Kier alpha value is -0.285. The molecule has 0 saturated carbocycles. The van der Waals surface area contributed by atoms with Gasteiger partial charge in [-0.3, -0.25) is 4.98 Å². The summed E-state index contributed by atoms with van der Waals surface area (Å²) >= 11 is 5.54. The zero-order chi connectivity index (χ0) is 7.56. The number of halogens is 2. The van der Waals surface area contributed by atoms with Crippen molar-refractivity contribution in [1.82, 2.24) is 4.98 Å². The normalized spacial score (nSPS) is 8.64. The second-order valence-corrected chi connectivity index (χ2v) is 2.18. The molecule has 1 rings (SSSR count). The van der Waals surface area contributed by atoms with E-state index in [1.807, 2.05) is 0 Å². The van der Waals surface area contributed by atoms with E-state index < -0.39 is 7.12 Å². The summed E-state index contributed by atoms with van der Waals surface area (Å²) in [6.45, 7) is 0. The Bertz CT molecular complexity index is 233. The Kier molecular flexibility index (Phi) is 4.45. The van der Waals surface area contributed by atoms with Crippen LogP contribution in [0.3, 0.4) is 0 Å². The van der Waals surface area contributed by atoms with Gasteiger partial charge >= 0.3 is 7.12 Å². The third-order valence-corrected chi connectivity index (χ3v) is 1.40. The van der Waals surface area contributed by atoms with Gasteiger partial charge in [-0.05, 0) is 6.07 Å². The zero-order valence-corrected chi connectivity index (χ0v) is 7.01. The number of rotatable bonds is 1. The standard InChI is InChI=1S/C5H5BClNO2.ClH/c7-5-3-8-2-1-4(5)6(9)10;/h1-3,9-10H;1H. The first-order chi connectivity index (χ1) is 4.72. The molecule has 0 unspecified atom stereocenters. The highest BCUT2D eigenvalue weighted by atomic mass is 35.5. The lowest BCUT2D eigenvalue weighted by atomic mass is 9.81. The molecule has 0 amide bonds. The number of aromatic nitrogens is 1. The summed E-state index contributed by atoms with van der Waals surface area (Å²) in [5.74, 6) is 0. The Morgan fingerprint density at radius 3 is 2.45 bits per heavy atom. The van der Waals surface area contributed by atoms with E-state index in [9.17, 15) is 0 Å². The fourth-order valence-corrected chi connectivity index (χ4v) is 0.812. The van der Waals surface area contributed by atoms with Gasteiger partial charge in [-0.2, -0.15) is 0 Å². The first kappa shape index (κ1) is 10.7. The van der Waals surface area contributed by atoms with E-state index in [0.29, 0.717) is 0 Å². The molecule has 1 aromatic rings. The van der Waals surface area contributed by atoms with E-state index in [1.165, 1.54) is 18.5 Å². The average molecular weight is 194 g/mol. The van der Waals surface area contributed by atoms with Crippen molar-refractivity contribution < 1.29 is 10.0 Å². The summed E-state index contributed by atoms with van der Waals surface area (Å²) < 4.78 is 0. The summed E-state index contributed by atoms with van der Waals surface area (Å²) in [6, 6.07) is 1.45. The third kappa shape index (κ3) is 2.67. The highest BCUT2D eigenvalue weighted by Gasteiger charge is 2.13. The number of hydrogen-bond acceptors (Lipinski definition) is 3. The van der Waals surface area contributed by atoms with Crippen LogP contribution in [0.1, 0.15) is 0 Å². The van der Waals surface area contributed by atoms with Gasteiger partial charge in [-0.25, -0.2) is 0 Å². The molecule has 0 bridgehead atoms. The first-order valence-electron chi connectivity index (χ1n) is 2.67. The average Bonchev–Trinajstić information content (AvgIpc) is 1.88. The van der Waals surface area contributed by atoms with Crippen LogP contribution in [0.4, 0.5) is 0 Å². The largest absolute Gasteiger partial charge is 0.490 e. The van der Waals surface area contributed by atoms with Crippen molar-refractivity contribution >= 4 is 36.6 Å². The maximum absolute atomic E-state index is 8.65. The zero-order valence-electron chi connectivity index (χ0n) is 5.44. The predicted octanol–water partition coefficient (Wildman–Crippen LogP) is -0.163. The Morgan fingerprint density at radius 1 is 1.45 bits per heavy atom. The minimum absolute atomic E-state index is 0. The molecule has 0 aliphatic carbocycles. The predicted molar refractivity (Wildman–Crippen MR) is 46.3 cm³/mol. The molecular weight excluding hydrogens is 188 g/mol. The molecular formula is C5H6BCl2NO2. The van der Waals surface area contributed by atoms with Gasteiger partial charge in [0.15, 0.2) is 0 Å². The molecule has 2 N–H and O–H groups in total. The second kappa shape index (κ2) is 4.56. The smallest absolute Gasteiger partial charge is 0.423 e. The molecule has 3 nitrogen and oxygen atoms in total. The monoisotopic (exact) mass is 193 g/mol. The van der Waals surface area contributed by atoms with Crippen molar-refractivity contribution in [3.05, 3.63) is 23.5 Å². The van der Waals surface area contributed by atoms with Gasteiger partial charge in [0.1, 0.15) is 0 Å². The molecule has 0 aliphatic rings. The summed E-state index contributed by atoms with van der Waals surface area (Å²) in [7, 11) is -1.52. The highest BCUT2D eigenvalue weighted by molar-refractivity contribution is 6.62. The minimum atomic E-state index is -1.52. The topological polar surface area (TPSA) is 53.4 Å². The number of pyridine rings is 1. The van der Waals surface area contributed by atoms with Crippen LogP contribution in [0.25, 0.3) is 0 Å². The highest BCUT2D eigenvalue weighted by Crippen LogP contribution is 2.00. The van der Waals surface area contributed by atoms with Crippen LogP contribution < -0.4 is 5.46 Å². The molecule has 1 aromatic heterocycles. The van der Waals surface area contributed by atoms with E-state index in [4.69, 9.17) is 21.6 Å². The number of nitrogens with zero attached hydrogens (tertiary/aromatic N) is 1. The maximum Gasteiger partial charge on any atom is 0.490 e. The molecule has 1 heterocycles. The summed E-state index contributed by atoms with van der Waals surface area (Å²) in [4.78, 5) is 3.67. The van der Waals surface area contributed by atoms with Gasteiger partial charge in [0.25, 0.3) is 0 Å². The van der Waals surface area contributed by atoms with E-state index in [2.05, 4.69) is 4.98 Å². The van der Waals surface area contributed by atoms with E-state index in [0.717, 1.165) is 0 Å². The van der Waals surface area contributed by atoms with Crippen LogP contribution in [0, 0.1) is 0 Å². The molecule has 0 atom stereocenters. The van der Waals surface area contributed by atoms with Crippen LogP contribution in [-0.2, 0) is 0 Å². The van der Waals surface area contributed by atoms with Crippen molar-refractivity contribution in [3.63, 3.8) is 0 Å². The van der Waals surface area contributed by atoms with Crippen LogP contribution in [0.2, 0.25) is 5.02 Å². The Morgan fingerprint density at radius 2 is 2.09 bits per heavy atom. The Labute approximate surface area is 75.6 Å². The van der Waals surface area contributed by atoms with Gasteiger partial charge in [0.05, 0.1) is 5.02 Å². The van der Waals surface area contributed by atoms with Gasteiger partial charge in [-0.15, -0.1) is 12.4 Å². The fourth-order valence-electron chi connectivity index (χ4n) is 0.595. The lowest BCUT2D eigenvalue weighted by Crippen LogP contribution is -2.30. The molecule has 0 spiro atoms. The van der Waals surface area contributed by atoms with Crippen molar-refractivity contribution in [1.29, 1.82) is 0 Å². The number of hydrogen-bond donors (Lipinski definition) is 2. The maximum atomic E-state index is 8.65. The molecule has 0 aliphatic heterocycles. The molecule has 11 heavy (non-hydrogen) atoms. The molecule has 0 fully saturated rings. The fraction of sp³-hybridized carbons (Fsp3) is 0. The third-order valence-electron chi connectivity index (χ3n) is 1.08. The molecule has 6 heteroatoms. The lowest BCUT2D eigenvalue weighted by Gasteiger charge is -1.98. The molecule has 60 valence electrons. The van der Waals surface area contributed by atoms with Crippen LogP contribution in [0.15, 0.2) is 18.5 Å². The summed E-state index contributed by atoms with van der Waals surface area (Å²) in [5.41, 5.74) is 0.275. The van der Waals surface area contributed by atoms with Gasteiger partial charge in [0.2, 0.25) is 0 Å². The van der Waals surface area contributed by atoms with Gasteiger partial charge in [-0.1, -0.05) is 11.6 Å². The molecule has 0 radical (unpaired) electrons. The van der Waals surface area contributed by atoms with Gasteiger partial charge < -0.3 is 10.0 Å². The summed E-state index contributed by atoms with van der Waals surface area (Å²) in [6.07, 6.45) is 2.80. The van der Waals surface area contributed by atoms with Crippen LogP contribution in [-0.4, -0.2) is 22.2 Å². The quantitative estimate of drug-likeness (QED) is 0.610. The van der Waals surface area contributed by atoms with E-state index >= 15 is 0 Å². The molecule has 0 saturated heterocycles. The van der Waals surface area contributed by atoms with Gasteiger partial charge in [0, 0.05) is 17.9 Å². The SMILES string of the molecule is Cl.OB(O)c1ccncc1Cl. The molecule has 0 aromatic carbocycles. The first-order valence-corrected chi connectivity index (χ1v) is 3.05. The van der Waals surface area contributed by atoms with Crippen LogP contribution in [0.5, 0.6) is 0 Å². The van der Waals surface area contributed by atoms with Crippen molar-refractivity contribution in [2.45, 2.75) is 0 Å². The van der Waals surface area contributed by atoms with E-state index in [-0.39, 0.29) is 22.9 Å².